The van der Waals surface area contributed by atoms with Crippen molar-refractivity contribution in [1.29, 1.82) is 5.26 Å². The monoisotopic (exact) mass is 570 g/mol. The summed E-state index contributed by atoms with van der Waals surface area (Å²) in [5.41, 5.74) is 13.9. The fraction of sp³-hybridized carbons (Fsp3) is 0.400. The Kier molecular flexibility index (Phi) is 7.71. The van der Waals surface area contributed by atoms with E-state index in [1.807, 2.05) is 19.1 Å². The molecule has 2 heterocycles. The number of amides is 3. The largest absolute Gasteiger partial charge is 0.366 e. The molecule has 0 unspecified atom stereocenters. The van der Waals surface area contributed by atoms with E-state index in [4.69, 9.17) is 11.5 Å². The van der Waals surface area contributed by atoms with Crippen LogP contribution in [0, 0.1) is 11.3 Å². The molecular formula is C30H34N8O4. The minimum Gasteiger partial charge on any atom is -0.366 e. The maximum absolute atomic E-state index is 13.0. The predicted octanol–water partition coefficient (Wildman–Crippen LogP) is 0.622. The molecule has 12 nitrogen and oxygen atoms in total. The molecule has 42 heavy (non-hydrogen) atoms. The van der Waals surface area contributed by atoms with Crippen molar-refractivity contribution in [2.45, 2.75) is 56.5 Å². The fourth-order valence-electron chi connectivity index (χ4n) is 6.42. The molecule has 12 heteroatoms. The number of nitrogens with one attached hydrogen (secondary N) is 2. The van der Waals surface area contributed by atoms with E-state index in [9.17, 15) is 24.4 Å². The van der Waals surface area contributed by atoms with Gasteiger partial charge in [-0.2, -0.15) is 10.4 Å². The van der Waals surface area contributed by atoms with Crippen LogP contribution in [0.2, 0.25) is 0 Å². The first-order valence-corrected chi connectivity index (χ1v) is 14.0. The second kappa shape index (κ2) is 11.3. The van der Waals surface area contributed by atoms with Crippen LogP contribution in [-0.2, 0) is 30.1 Å². The summed E-state index contributed by atoms with van der Waals surface area (Å²) in [5, 5.41) is 17.4. The predicted molar refractivity (Wildman–Crippen MR) is 153 cm³/mol. The molecular weight excluding hydrogens is 536 g/mol. The third-order valence-electron chi connectivity index (χ3n) is 8.47. The van der Waals surface area contributed by atoms with E-state index in [1.165, 1.54) is 4.68 Å². The van der Waals surface area contributed by atoms with Gasteiger partial charge in [-0.05, 0) is 85.5 Å². The highest BCUT2D eigenvalue weighted by molar-refractivity contribution is 5.94. The van der Waals surface area contributed by atoms with Crippen molar-refractivity contribution in [3.05, 3.63) is 86.1 Å². The van der Waals surface area contributed by atoms with Gasteiger partial charge in [0.15, 0.2) is 0 Å². The van der Waals surface area contributed by atoms with E-state index in [0.717, 1.165) is 28.7 Å². The van der Waals surface area contributed by atoms with Gasteiger partial charge in [0.1, 0.15) is 11.9 Å². The second-order valence-corrected chi connectivity index (χ2v) is 11.1. The zero-order valence-electron chi connectivity index (χ0n) is 23.6. The molecule has 1 aromatic heterocycles. The number of primary amides is 2. The van der Waals surface area contributed by atoms with Gasteiger partial charge in [-0.3, -0.25) is 19.4 Å². The molecule has 1 aliphatic carbocycles. The Bertz CT molecular complexity index is 1600. The Labute approximate surface area is 242 Å². The van der Waals surface area contributed by atoms with Crippen LogP contribution in [0.1, 0.15) is 75.0 Å². The number of hydrogen-bond donors (Lipinski definition) is 4. The van der Waals surface area contributed by atoms with Crippen LogP contribution in [0.5, 0.6) is 0 Å². The summed E-state index contributed by atoms with van der Waals surface area (Å²) in [5.74, 6) is -0.871. The van der Waals surface area contributed by atoms with Crippen LogP contribution < -0.4 is 22.5 Å². The number of carbonyl (C=O) groups excluding carboxylic acids is 3. The SMILES string of the molecule is C[C@H](CC1(c2nn(C)c(=O)[nH]2)c2ccc(C(N)=O)cc2CCc2cc(C(N)=O)ccc21)NCC(=O)N1CCC[C@H]1C#N. The van der Waals surface area contributed by atoms with Gasteiger partial charge in [0.05, 0.1) is 18.0 Å². The summed E-state index contributed by atoms with van der Waals surface area (Å²) < 4.78 is 1.23. The molecule has 218 valence electrons. The third-order valence-corrected chi connectivity index (χ3v) is 8.47. The minimum absolute atomic E-state index is 0.0368. The molecule has 3 aromatic rings. The number of aromatic nitrogens is 3. The van der Waals surface area contributed by atoms with E-state index in [0.29, 0.717) is 49.2 Å². The number of fused-ring (bicyclic) bond motifs is 2. The molecule has 3 amide bonds. The molecule has 0 spiro atoms. The van der Waals surface area contributed by atoms with E-state index in [-0.39, 0.29) is 18.5 Å². The van der Waals surface area contributed by atoms with Gasteiger partial charge < -0.3 is 21.7 Å². The van der Waals surface area contributed by atoms with Crippen molar-refractivity contribution in [3.8, 4) is 6.07 Å². The van der Waals surface area contributed by atoms with Crippen molar-refractivity contribution < 1.29 is 14.4 Å². The molecule has 6 N–H and O–H groups in total. The summed E-state index contributed by atoms with van der Waals surface area (Å²) >= 11 is 0. The Morgan fingerprint density at radius 2 is 1.71 bits per heavy atom. The Morgan fingerprint density at radius 1 is 1.12 bits per heavy atom. The molecule has 0 saturated carbocycles. The lowest BCUT2D eigenvalue weighted by Crippen LogP contribution is -2.45. The lowest BCUT2D eigenvalue weighted by Gasteiger charge is -2.37. The first-order chi connectivity index (χ1) is 20.0. The smallest absolute Gasteiger partial charge is 0.343 e. The van der Waals surface area contributed by atoms with Crippen molar-refractivity contribution in [2.75, 3.05) is 13.1 Å². The lowest BCUT2D eigenvalue weighted by molar-refractivity contribution is -0.130. The maximum Gasteiger partial charge on any atom is 0.343 e. The van der Waals surface area contributed by atoms with Crippen molar-refractivity contribution in [1.82, 2.24) is 25.0 Å². The number of aromatic amines is 1. The molecule has 2 aliphatic rings. The minimum atomic E-state index is -1.04. The summed E-state index contributed by atoms with van der Waals surface area (Å²) in [7, 11) is 1.56. The highest BCUT2D eigenvalue weighted by Gasteiger charge is 2.45. The Morgan fingerprint density at radius 3 is 2.21 bits per heavy atom. The van der Waals surface area contributed by atoms with Gasteiger partial charge in [-0.1, -0.05) is 12.1 Å². The first kappa shape index (κ1) is 28.8. The van der Waals surface area contributed by atoms with E-state index >= 15 is 0 Å². The van der Waals surface area contributed by atoms with Crippen molar-refractivity contribution in [3.63, 3.8) is 0 Å². The molecule has 0 radical (unpaired) electrons. The molecule has 0 bridgehead atoms. The lowest BCUT2D eigenvalue weighted by atomic mass is 9.67. The first-order valence-electron chi connectivity index (χ1n) is 14.0. The number of rotatable bonds is 8. The van der Waals surface area contributed by atoms with E-state index in [1.54, 1.807) is 36.2 Å². The van der Waals surface area contributed by atoms with Gasteiger partial charge in [-0.25, -0.2) is 9.48 Å². The van der Waals surface area contributed by atoms with Crippen LogP contribution >= 0.6 is 0 Å². The summed E-state index contributed by atoms with van der Waals surface area (Å²) in [6.45, 7) is 2.54. The van der Waals surface area contributed by atoms with Crippen LogP contribution in [0.15, 0.2) is 41.2 Å². The molecule has 5 rings (SSSR count). The van der Waals surface area contributed by atoms with Gasteiger partial charge >= 0.3 is 5.69 Å². The Balaban J connectivity index is 1.64. The van der Waals surface area contributed by atoms with E-state index in [2.05, 4.69) is 21.5 Å². The number of nitrogens with zero attached hydrogens (tertiary/aromatic N) is 4. The van der Waals surface area contributed by atoms with Gasteiger partial charge in [0.2, 0.25) is 17.7 Å². The number of nitrogens with two attached hydrogens (primary N) is 2. The number of H-pyrrole nitrogens is 1. The highest BCUT2D eigenvalue weighted by atomic mass is 16.2. The summed E-state index contributed by atoms with van der Waals surface area (Å²) in [6, 6.07) is 12.1. The molecule has 1 aliphatic heterocycles. The molecule has 2 aromatic carbocycles. The number of nitriles is 1. The van der Waals surface area contributed by atoms with Crippen LogP contribution in [0.4, 0.5) is 0 Å². The highest BCUT2D eigenvalue weighted by Crippen LogP contribution is 2.47. The van der Waals surface area contributed by atoms with E-state index < -0.39 is 29.0 Å². The quantitative estimate of drug-likeness (QED) is 0.305. The zero-order valence-corrected chi connectivity index (χ0v) is 23.6. The average molecular weight is 571 g/mol. The van der Waals surface area contributed by atoms with Crippen LogP contribution in [-0.4, -0.2) is 62.6 Å². The average Bonchev–Trinajstić information content (AvgIpc) is 3.56. The topological polar surface area (TPSA) is 193 Å². The standard InChI is InChI=1S/C30H34N8O4/c1-17(34-16-25(39)38-11-3-4-22(38)15-31)14-30(28-35-29(42)37(2)36-28)23-9-7-20(26(32)40)12-18(23)5-6-19-13-21(27(33)41)8-10-24(19)30/h7-10,12-13,17,22,34H,3-6,11,14,16H2,1-2H3,(H2,32,40)(H2,33,41)(H,35,36,42)/t17-,22+/m1/s1. The molecule has 2 atom stereocenters. The third kappa shape index (κ3) is 5.07. The van der Waals surface area contributed by atoms with Crippen LogP contribution in [0.25, 0.3) is 0 Å². The maximum atomic E-state index is 13.0. The Hall–Kier alpha value is -4.76. The number of carbonyl (C=O) groups is 3. The van der Waals surface area contributed by atoms with Crippen molar-refractivity contribution >= 4 is 17.7 Å². The van der Waals surface area contributed by atoms with Crippen LogP contribution in [0.3, 0.4) is 0 Å². The molecule has 1 saturated heterocycles. The van der Waals surface area contributed by atoms with Gasteiger partial charge in [-0.15, -0.1) is 0 Å². The normalized spacial score (nSPS) is 17.9. The summed E-state index contributed by atoms with van der Waals surface area (Å²) in [6.07, 6.45) is 2.90. The second-order valence-electron chi connectivity index (χ2n) is 11.1. The summed E-state index contributed by atoms with van der Waals surface area (Å²) in [4.78, 5) is 54.6. The number of likely N-dealkylation sites (tertiary alicyclic amines) is 1. The number of benzene rings is 2. The van der Waals surface area contributed by atoms with Gasteiger partial charge in [0, 0.05) is 30.8 Å². The van der Waals surface area contributed by atoms with Crippen molar-refractivity contribution in [2.24, 2.45) is 18.5 Å². The zero-order chi connectivity index (χ0) is 30.2. The fourth-order valence-corrected chi connectivity index (χ4v) is 6.42. The number of hydrogen-bond acceptors (Lipinski definition) is 7. The van der Waals surface area contributed by atoms with Gasteiger partial charge in [0.25, 0.3) is 0 Å². The molecule has 1 fully saturated rings. The number of aryl methyl sites for hydroxylation is 3.